The van der Waals surface area contributed by atoms with Gasteiger partial charge in [-0.15, -0.1) is 0 Å². The van der Waals surface area contributed by atoms with E-state index in [1.165, 1.54) is 49.7 Å². The molecule has 1 atom stereocenters. The lowest BCUT2D eigenvalue weighted by Crippen LogP contribution is -2.25. The number of para-hydroxylation sites is 1. The summed E-state index contributed by atoms with van der Waals surface area (Å²) >= 11 is 0. The molecular formula is C49H33N. The van der Waals surface area contributed by atoms with Gasteiger partial charge in [0.05, 0.1) is 0 Å². The third-order valence-corrected chi connectivity index (χ3v) is 9.87. The first kappa shape index (κ1) is 29.5. The summed E-state index contributed by atoms with van der Waals surface area (Å²) in [6.45, 7) is 0. The Balaban J connectivity index is 1.22. The van der Waals surface area contributed by atoms with Crippen LogP contribution in [0.2, 0.25) is 0 Å². The van der Waals surface area contributed by atoms with Gasteiger partial charge in [-0.1, -0.05) is 157 Å². The number of nitrogens with zero attached hydrogens (tertiary/aromatic N) is 1. The van der Waals surface area contributed by atoms with E-state index in [2.05, 4.69) is 211 Å². The van der Waals surface area contributed by atoms with Crippen LogP contribution in [0.5, 0.6) is 0 Å². The van der Waals surface area contributed by atoms with Gasteiger partial charge in [-0.25, -0.2) is 0 Å². The molecule has 0 N–H and O–H groups in total. The monoisotopic (exact) mass is 635 g/mol. The average Bonchev–Trinajstić information content (AvgIpc) is 3.48. The third-order valence-electron chi connectivity index (χ3n) is 9.87. The molecule has 50 heavy (non-hydrogen) atoms. The summed E-state index contributed by atoms with van der Waals surface area (Å²) in [5, 5.41) is 2.42. The fraction of sp³-hybridized carbons (Fsp3) is 0.0204. The van der Waals surface area contributed by atoms with Gasteiger partial charge in [0.2, 0.25) is 0 Å². The van der Waals surface area contributed by atoms with E-state index in [1.807, 2.05) is 6.07 Å². The summed E-state index contributed by atoms with van der Waals surface area (Å²) in [5.74, 6) is 7.39. The summed E-state index contributed by atoms with van der Waals surface area (Å²) in [5.41, 5.74) is 12.2. The van der Waals surface area contributed by atoms with Crippen molar-refractivity contribution < 1.29 is 0 Å². The number of rotatable bonds is 5. The Kier molecular flexibility index (Phi) is 7.34. The van der Waals surface area contributed by atoms with Crippen molar-refractivity contribution in [2.45, 2.75) is 5.41 Å². The SMILES string of the molecule is C(#CC1(c2ccccc2)c2ccccc2-c2cc(N(c3ccccc3)c3ccc4cc(-c5ccccc5)ccc4c3)ccc21)c1ccccc1. The predicted molar refractivity (Wildman–Crippen MR) is 209 cm³/mol. The van der Waals surface area contributed by atoms with Crippen LogP contribution in [0.15, 0.2) is 200 Å². The molecule has 0 aliphatic heterocycles. The first-order valence-corrected chi connectivity index (χ1v) is 17.1. The van der Waals surface area contributed by atoms with Crippen molar-refractivity contribution in [3.05, 3.63) is 222 Å². The molecule has 0 bridgehead atoms. The predicted octanol–water partition coefficient (Wildman–Crippen LogP) is 12.3. The van der Waals surface area contributed by atoms with Gasteiger partial charge in [0.15, 0.2) is 0 Å². The second-order valence-corrected chi connectivity index (χ2v) is 12.8. The van der Waals surface area contributed by atoms with Gasteiger partial charge >= 0.3 is 0 Å². The lowest BCUT2D eigenvalue weighted by atomic mass is 9.73. The molecule has 234 valence electrons. The van der Waals surface area contributed by atoms with E-state index >= 15 is 0 Å². The molecule has 0 saturated carbocycles. The fourth-order valence-electron chi connectivity index (χ4n) is 7.51. The number of hydrogen-bond donors (Lipinski definition) is 0. The van der Waals surface area contributed by atoms with Gasteiger partial charge in [-0.05, 0) is 104 Å². The van der Waals surface area contributed by atoms with Crippen molar-refractivity contribution in [3.8, 4) is 34.1 Å². The molecule has 0 fully saturated rings. The quantitative estimate of drug-likeness (QED) is 0.170. The van der Waals surface area contributed by atoms with Crippen molar-refractivity contribution in [2.75, 3.05) is 4.90 Å². The van der Waals surface area contributed by atoms with Crippen LogP contribution in [0, 0.1) is 11.8 Å². The molecule has 1 heteroatoms. The molecule has 0 radical (unpaired) electrons. The highest BCUT2D eigenvalue weighted by Crippen LogP contribution is 2.54. The Morgan fingerprint density at radius 2 is 0.960 bits per heavy atom. The molecule has 9 rings (SSSR count). The summed E-state index contributed by atoms with van der Waals surface area (Å²) in [6.07, 6.45) is 0. The Morgan fingerprint density at radius 3 is 1.74 bits per heavy atom. The third kappa shape index (κ3) is 5.07. The topological polar surface area (TPSA) is 3.24 Å². The molecule has 8 aromatic rings. The van der Waals surface area contributed by atoms with E-state index in [0.29, 0.717) is 0 Å². The van der Waals surface area contributed by atoms with Gasteiger partial charge in [-0.2, -0.15) is 0 Å². The second kappa shape index (κ2) is 12.4. The molecule has 0 saturated heterocycles. The molecule has 8 aromatic carbocycles. The van der Waals surface area contributed by atoms with Crippen molar-refractivity contribution in [2.24, 2.45) is 0 Å². The average molecular weight is 636 g/mol. The lowest BCUT2D eigenvalue weighted by Gasteiger charge is -2.29. The molecule has 0 spiro atoms. The minimum absolute atomic E-state index is 0.613. The van der Waals surface area contributed by atoms with E-state index in [4.69, 9.17) is 0 Å². The fourth-order valence-corrected chi connectivity index (χ4v) is 7.51. The van der Waals surface area contributed by atoms with Crippen molar-refractivity contribution in [1.29, 1.82) is 0 Å². The van der Waals surface area contributed by atoms with Crippen LogP contribution in [0.1, 0.15) is 22.3 Å². The highest BCUT2D eigenvalue weighted by molar-refractivity contribution is 5.94. The highest BCUT2D eigenvalue weighted by atomic mass is 15.1. The van der Waals surface area contributed by atoms with Crippen LogP contribution < -0.4 is 4.90 Å². The summed E-state index contributed by atoms with van der Waals surface area (Å²) < 4.78 is 0. The number of anilines is 3. The standard InChI is InChI=1S/C49H33N/c1-5-15-36(16-6-1)31-32-49(41-19-9-3-10-20-41)47-24-14-13-23-45(47)46-35-44(29-30-48(46)49)50(42-21-11-4-12-22-42)43-28-27-39-33-38(25-26-40(39)34-43)37-17-7-2-8-18-37/h1-30,33-35H. The molecular weight excluding hydrogens is 603 g/mol. The van der Waals surface area contributed by atoms with Gasteiger partial charge < -0.3 is 4.90 Å². The van der Waals surface area contributed by atoms with E-state index < -0.39 is 5.41 Å². The maximum Gasteiger partial charge on any atom is 0.108 e. The molecule has 0 heterocycles. The first-order chi connectivity index (χ1) is 24.8. The lowest BCUT2D eigenvalue weighted by molar-refractivity contribution is 0.837. The maximum absolute atomic E-state index is 3.82. The normalized spacial score (nSPS) is 14.3. The van der Waals surface area contributed by atoms with Crippen LogP contribution in [0.25, 0.3) is 33.0 Å². The Bertz CT molecular complexity index is 2530. The van der Waals surface area contributed by atoms with E-state index in [-0.39, 0.29) is 0 Å². The number of fused-ring (bicyclic) bond motifs is 4. The Hall–Kier alpha value is -6.62. The molecule has 0 amide bonds. The van der Waals surface area contributed by atoms with Crippen molar-refractivity contribution in [1.82, 2.24) is 0 Å². The van der Waals surface area contributed by atoms with Crippen LogP contribution >= 0.6 is 0 Å². The Labute approximate surface area is 293 Å². The van der Waals surface area contributed by atoms with Crippen LogP contribution in [-0.2, 0) is 5.41 Å². The summed E-state index contributed by atoms with van der Waals surface area (Å²) in [7, 11) is 0. The van der Waals surface area contributed by atoms with Gasteiger partial charge in [0.1, 0.15) is 5.41 Å². The Morgan fingerprint density at radius 1 is 0.380 bits per heavy atom. The van der Waals surface area contributed by atoms with Gasteiger partial charge in [0, 0.05) is 22.6 Å². The van der Waals surface area contributed by atoms with Gasteiger partial charge in [-0.3, -0.25) is 0 Å². The zero-order chi connectivity index (χ0) is 33.3. The van der Waals surface area contributed by atoms with E-state index in [1.54, 1.807) is 0 Å². The highest BCUT2D eigenvalue weighted by Gasteiger charge is 2.43. The van der Waals surface area contributed by atoms with E-state index in [9.17, 15) is 0 Å². The number of hydrogen-bond acceptors (Lipinski definition) is 1. The minimum Gasteiger partial charge on any atom is -0.310 e. The molecule has 0 aromatic heterocycles. The zero-order valence-electron chi connectivity index (χ0n) is 27.5. The molecule has 1 aliphatic rings. The van der Waals surface area contributed by atoms with Crippen molar-refractivity contribution >= 4 is 27.8 Å². The van der Waals surface area contributed by atoms with Crippen LogP contribution in [0.4, 0.5) is 17.1 Å². The largest absolute Gasteiger partial charge is 0.310 e. The number of benzene rings is 8. The molecule has 1 aliphatic carbocycles. The van der Waals surface area contributed by atoms with Gasteiger partial charge in [0.25, 0.3) is 0 Å². The van der Waals surface area contributed by atoms with Crippen molar-refractivity contribution in [3.63, 3.8) is 0 Å². The van der Waals surface area contributed by atoms with E-state index in [0.717, 1.165) is 22.6 Å². The molecule has 1 nitrogen and oxygen atoms in total. The summed E-state index contributed by atoms with van der Waals surface area (Å²) in [6, 6.07) is 71.6. The second-order valence-electron chi connectivity index (χ2n) is 12.8. The molecule has 1 unspecified atom stereocenters. The minimum atomic E-state index is -0.613. The maximum atomic E-state index is 3.82. The smallest absolute Gasteiger partial charge is 0.108 e. The first-order valence-electron chi connectivity index (χ1n) is 17.1. The summed E-state index contributed by atoms with van der Waals surface area (Å²) in [4.78, 5) is 2.37. The van der Waals surface area contributed by atoms with Crippen LogP contribution in [0.3, 0.4) is 0 Å². The van der Waals surface area contributed by atoms with Crippen LogP contribution in [-0.4, -0.2) is 0 Å². The zero-order valence-corrected chi connectivity index (χ0v) is 27.5.